The number of hydrogen-bond donors (Lipinski definition) is 2. The van der Waals surface area contributed by atoms with E-state index in [1.807, 2.05) is 14.1 Å². The SMILES string of the molecule is CNC(C)c1ccc(N(C)CC2(O)CCOCC2)cc1Br. The molecule has 1 aliphatic rings. The minimum Gasteiger partial charge on any atom is -0.388 e. The van der Waals surface area contributed by atoms with Crippen LogP contribution in [-0.4, -0.2) is 44.6 Å². The third kappa shape index (κ3) is 4.19. The summed E-state index contributed by atoms with van der Waals surface area (Å²) >= 11 is 3.65. The Balaban J connectivity index is 2.09. The topological polar surface area (TPSA) is 44.7 Å². The van der Waals surface area contributed by atoms with Gasteiger partial charge in [0.15, 0.2) is 0 Å². The summed E-state index contributed by atoms with van der Waals surface area (Å²) < 4.78 is 6.42. The van der Waals surface area contributed by atoms with Gasteiger partial charge in [-0.25, -0.2) is 0 Å². The second-order valence-corrected chi connectivity index (χ2v) is 6.76. The van der Waals surface area contributed by atoms with Crippen molar-refractivity contribution < 1.29 is 9.84 Å². The number of likely N-dealkylation sites (N-methyl/N-ethyl adjacent to an activating group) is 1. The molecule has 1 aromatic carbocycles. The Morgan fingerprint density at radius 1 is 1.43 bits per heavy atom. The Bertz CT molecular complexity index is 475. The highest BCUT2D eigenvalue weighted by atomic mass is 79.9. The van der Waals surface area contributed by atoms with E-state index in [0.717, 1.165) is 10.2 Å². The second kappa shape index (κ2) is 7.09. The van der Waals surface area contributed by atoms with Gasteiger partial charge in [-0.15, -0.1) is 0 Å². The number of rotatable bonds is 5. The number of nitrogens with one attached hydrogen (secondary N) is 1. The van der Waals surface area contributed by atoms with E-state index in [2.05, 4.69) is 51.3 Å². The zero-order valence-electron chi connectivity index (χ0n) is 13.0. The van der Waals surface area contributed by atoms with Crippen molar-refractivity contribution in [3.63, 3.8) is 0 Å². The Labute approximate surface area is 135 Å². The summed E-state index contributed by atoms with van der Waals surface area (Å²) in [7, 11) is 3.98. The Morgan fingerprint density at radius 2 is 2.10 bits per heavy atom. The fourth-order valence-corrected chi connectivity index (χ4v) is 3.41. The summed E-state index contributed by atoms with van der Waals surface area (Å²) in [4.78, 5) is 2.11. The molecule has 1 saturated heterocycles. The minimum absolute atomic E-state index is 0.304. The van der Waals surface area contributed by atoms with Crippen LogP contribution in [-0.2, 0) is 4.74 Å². The van der Waals surface area contributed by atoms with E-state index >= 15 is 0 Å². The molecule has 4 nitrogen and oxygen atoms in total. The molecular weight excluding hydrogens is 332 g/mol. The summed E-state index contributed by atoms with van der Waals surface area (Å²) in [6, 6.07) is 6.66. The lowest BCUT2D eigenvalue weighted by Crippen LogP contribution is -2.45. The Kier molecular flexibility index (Phi) is 5.66. The lowest BCUT2D eigenvalue weighted by Gasteiger charge is -2.36. The van der Waals surface area contributed by atoms with Gasteiger partial charge in [-0.2, -0.15) is 0 Å². The number of anilines is 1. The van der Waals surface area contributed by atoms with Gasteiger partial charge in [-0.1, -0.05) is 22.0 Å². The van der Waals surface area contributed by atoms with Crippen molar-refractivity contribution in [2.75, 3.05) is 38.8 Å². The van der Waals surface area contributed by atoms with E-state index in [0.29, 0.717) is 38.6 Å². The van der Waals surface area contributed by atoms with Crippen LogP contribution >= 0.6 is 15.9 Å². The standard InChI is InChI=1S/C16H25BrN2O2/c1-12(18-2)14-5-4-13(10-15(14)17)19(3)11-16(20)6-8-21-9-7-16/h4-5,10,12,18,20H,6-9,11H2,1-3H3. The molecule has 1 aromatic rings. The van der Waals surface area contributed by atoms with Gasteiger partial charge in [0.25, 0.3) is 0 Å². The molecule has 0 saturated carbocycles. The first-order valence-electron chi connectivity index (χ1n) is 7.43. The first-order chi connectivity index (χ1) is 9.95. The van der Waals surface area contributed by atoms with E-state index in [-0.39, 0.29) is 0 Å². The maximum atomic E-state index is 10.6. The van der Waals surface area contributed by atoms with Gasteiger partial charge in [0, 0.05) is 55.8 Å². The second-order valence-electron chi connectivity index (χ2n) is 5.91. The fourth-order valence-electron chi connectivity index (χ4n) is 2.70. The zero-order valence-corrected chi connectivity index (χ0v) is 14.6. The van der Waals surface area contributed by atoms with Crippen LogP contribution in [0.4, 0.5) is 5.69 Å². The van der Waals surface area contributed by atoms with Crippen LogP contribution in [0.5, 0.6) is 0 Å². The molecule has 0 aromatic heterocycles. The largest absolute Gasteiger partial charge is 0.388 e. The number of aliphatic hydroxyl groups is 1. The van der Waals surface area contributed by atoms with Crippen molar-refractivity contribution in [2.45, 2.75) is 31.4 Å². The van der Waals surface area contributed by atoms with Gasteiger partial charge in [-0.3, -0.25) is 0 Å². The summed E-state index contributed by atoms with van der Waals surface area (Å²) in [6.07, 6.45) is 1.40. The van der Waals surface area contributed by atoms with Crippen LogP contribution in [0.25, 0.3) is 0 Å². The molecule has 0 radical (unpaired) electrons. The molecule has 1 heterocycles. The Morgan fingerprint density at radius 3 is 2.67 bits per heavy atom. The highest BCUT2D eigenvalue weighted by molar-refractivity contribution is 9.10. The van der Waals surface area contributed by atoms with Crippen LogP contribution in [0.1, 0.15) is 31.4 Å². The molecule has 1 fully saturated rings. The van der Waals surface area contributed by atoms with Gasteiger partial charge in [0.1, 0.15) is 0 Å². The molecule has 0 bridgehead atoms. The van der Waals surface area contributed by atoms with Crippen molar-refractivity contribution in [1.29, 1.82) is 0 Å². The van der Waals surface area contributed by atoms with Gasteiger partial charge >= 0.3 is 0 Å². The van der Waals surface area contributed by atoms with Gasteiger partial charge < -0.3 is 20.1 Å². The summed E-state index contributed by atoms with van der Waals surface area (Å²) in [5.74, 6) is 0. The molecule has 1 aliphatic heterocycles. The van der Waals surface area contributed by atoms with Crippen LogP contribution in [0.3, 0.4) is 0 Å². The number of halogens is 1. The van der Waals surface area contributed by atoms with Crippen LogP contribution < -0.4 is 10.2 Å². The summed E-state index contributed by atoms with van der Waals surface area (Å²) in [6.45, 7) is 4.05. The van der Waals surface area contributed by atoms with Crippen molar-refractivity contribution in [3.8, 4) is 0 Å². The quantitative estimate of drug-likeness (QED) is 0.851. The average molecular weight is 357 g/mol. The molecule has 1 atom stereocenters. The van der Waals surface area contributed by atoms with Gasteiger partial charge in [0.05, 0.1) is 5.60 Å². The Hall–Kier alpha value is -0.620. The van der Waals surface area contributed by atoms with E-state index in [1.54, 1.807) is 0 Å². The van der Waals surface area contributed by atoms with Crippen LogP contribution in [0.15, 0.2) is 22.7 Å². The van der Waals surface area contributed by atoms with Crippen molar-refractivity contribution in [2.24, 2.45) is 0 Å². The smallest absolute Gasteiger partial charge is 0.0865 e. The average Bonchev–Trinajstić information content (AvgIpc) is 2.46. The first-order valence-corrected chi connectivity index (χ1v) is 8.22. The van der Waals surface area contributed by atoms with Crippen molar-refractivity contribution in [3.05, 3.63) is 28.2 Å². The predicted molar refractivity (Wildman–Crippen MR) is 89.9 cm³/mol. The summed E-state index contributed by atoms with van der Waals surface area (Å²) in [5, 5.41) is 13.9. The van der Waals surface area contributed by atoms with Crippen LogP contribution in [0.2, 0.25) is 0 Å². The van der Waals surface area contributed by atoms with Gasteiger partial charge in [0.2, 0.25) is 0 Å². The molecule has 21 heavy (non-hydrogen) atoms. The fraction of sp³-hybridized carbons (Fsp3) is 0.625. The van der Waals surface area contributed by atoms with Crippen LogP contribution in [0, 0.1) is 0 Å². The highest BCUT2D eigenvalue weighted by Crippen LogP contribution is 2.29. The molecule has 5 heteroatoms. The maximum absolute atomic E-state index is 10.6. The molecular formula is C16H25BrN2O2. The molecule has 2 N–H and O–H groups in total. The lowest BCUT2D eigenvalue weighted by molar-refractivity contribution is -0.0572. The van der Waals surface area contributed by atoms with Gasteiger partial charge in [-0.05, 0) is 31.7 Å². The first kappa shape index (κ1) is 16.7. The van der Waals surface area contributed by atoms with Crippen molar-refractivity contribution in [1.82, 2.24) is 5.32 Å². The number of benzene rings is 1. The molecule has 2 rings (SSSR count). The molecule has 0 amide bonds. The van der Waals surface area contributed by atoms with E-state index in [9.17, 15) is 5.11 Å². The number of hydrogen-bond acceptors (Lipinski definition) is 4. The zero-order chi connectivity index (χ0) is 15.5. The third-order valence-electron chi connectivity index (χ3n) is 4.28. The third-order valence-corrected chi connectivity index (χ3v) is 4.97. The van der Waals surface area contributed by atoms with Crippen molar-refractivity contribution >= 4 is 21.6 Å². The van der Waals surface area contributed by atoms with E-state index in [4.69, 9.17) is 4.74 Å². The molecule has 0 spiro atoms. The summed E-state index contributed by atoms with van der Waals surface area (Å²) in [5.41, 5.74) is 1.70. The highest BCUT2D eigenvalue weighted by Gasteiger charge is 2.31. The normalized spacial score (nSPS) is 19.3. The number of ether oxygens (including phenoxy) is 1. The monoisotopic (exact) mass is 356 g/mol. The molecule has 1 unspecified atom stereocenters. The lowest BCUT2D eigenvalue weighted by atomic mass is 9.93. The predicted octanol–water partition coefficient (Wildman–Crippen LogP) is 2.71. The van der Waals surface area contributed by atoms with E-state index < -0.39 is 5.60 Å². The minimum atomic E-state index is -0.642. The molecule has 0 aliphatic carbocycles. The molecule has 118 valence electrons. The maximum Gasteiger partial charge on any atom is 0.0865 e. The van der Waals surface area contributed by atoms with E-state index in [1.165, 1.54) is 5.56 Å². The number of nitrogens with zero attached hydrogens (tertiary/aromatic N) is 1.